The van der Waals surface area contributed by atoms with Gasteiger partial charge >= 0.3 is 0 Å². The third kappa shape index (κ3) is 3.87. The Hall–Kier alpha value is -1.12. The lowest BCUT2D eigenvalue weighted by molar-refractivity contribution is -0.118. The summed E-state index contributed by atoms with van der Waals surface area (Å²) in [6.07, 6.45) is 7.54. The summed E-state index contributed by atoms with van der Waals surface area (Å²) < 4.78 is 0. The van der Waals surface area contributed by atoms with Crippen molar-refractivity contribution in [2.75, 3.05) is 0 Å². The molecule has 13 heavy (non-hydrogen) atoms. The maximum atomic E-state index is 10.5. The summed E-state index contributed by atoms with van der Waals surface area (Å²) >= 11 is 0. The highest BCUT2D eigenvalue weighted by Gasteiger charge is 2.08. The zero-order chi connectivity index (χ0) is 9.68. The van der Waals surface area contributed by atoms with E-state index in [0.717, 1.165) is 25.0 Å². The Labute approximate surface area is 78.7 Å². The summed E-state index contributed by atoms with van der Waals surface area (Å²) in [5.41, 5.74) is 6.13. The molecule has 3 nitrogen and oxygen atoms in total. The van der Waals surface area contributed by atoms with Crippen LogP contribution in [-0.2, 0) is 4.79 Å². The van der Waals surface area contributed by atoms with Gasteiger partial charge in [0.1, 0.15) is 0 Å². The number of carbonyl (C=O) groups excluding carboxylic acids is 1. The molecule has 0 bridgehead atoms. The van der Waals surface area contributed by atoms with E-state index in [1.165, 1.54) is 0 Å². The van der Waals surface area contributed by atoms with Crippen LogP contribution in [0.5, 0.6) is 0 Å². The van der Waals surface area contributed by atoms with Crippen molar-refractivity contribution >= 4 is 12.1 Å². The quantitative estimate of drug-likeness (QED) is 0.702. The Balaban J connectivity index is 2.18. The number of nitrogens with two attached hydrogens (primary N) is 1. The molecule has 1 heterocycles. The van der Waals surface area contributed by atoms with Crippen LogP contribution in [-0.4, -0.2) is 12.1 Å². The van der Waals surface area contributed by atoms with Crippen LogP contribution in [0.1, 0.15) is 32.6 Å². The molecule has 1 aliphatic heterocycles. The zero-order valence-corrected chi connectivity index (χ0v) is 7.99. The van der Waals surface area contributed by atoms with Crippen molar-refractivity contribution in [3.63, 3.8) is 0 Å². The Bertz CT molecular complexity index is 243. The molecule has 1 amide bonds. The Morgan fingerprint density at radius 3 is 3.08 bits per heavy atom. The lowest BCUT2D eigenvalue weighted by Gasteiger charge is -2.12. The van der Waals surface area contributed by atoms with Crippen LogP contribution in [0.25, 0.3) is 0 Å². The number of nitrogens with zero attached hydrogens (tertiary/aromatic N) is 1. The van der Waals surface area contributed by atoms with Crippen LogP contribution in [0.2, 0.25) is 0 Å². The van der Waals surface area contributed by atoms with Gasteiger partial charge in [-0.3, -0.25) is 9.79 Å². The largest absolute Gasteiger partial charge is 0.370 e. The predicted molar refractivity (Wildman–Crippen MR) is 53.4 cm³/mol. The maximum Gasteiger partial charge on any atom is 0.217 e. The molecule has 1 unspecified atom stereocenters. The third-order valence-corrected chi connectivity index (χ3v) is 2.20. The fraction of sp³-hybridized carbons (Fsp3) is 0.600. The van der Waals surface area contributed by atoms with E-state index in [0.29, 0.717) is 12.3 Å². The molecule has 1 atom stereocenters. The van der Waals surface area contributed by atoms with E-state index in [1.54, 1.807) is 0 Å². The number of hydrogen-bond acceptors (Lipinski definition) is 2. The molecule has 0 aliphatic carbocycles. The highest BCUT2D eigenvalue weighted by atomic mass is 16.1. The van der Waals surface area contributed by atoms with Gasteiger partial charge in [0.15, 0.2) is 0 Å². The Morgan fingerprint density at radius 1 is 1.77 bits per heavy atom. The summed E-state index contributed by atoms with van der Waals surface area (Å²) in [7, 11) is 0. The van der Waals surface area contributed by atoms with Crippen LogP contribution < -0.4 is 5.73 Å². The molecule has 72 valence electrons. The van der Waals surface area contributed by atoms with Crippen LogP contribution >= 0.6 is 0 Å². The summed E-state index contributed by atoms with van der Waals surface area (Å²) in [6, 6.07) is 0. The predicted octanol–water partition coefficient (Wildman–Crippen LogP) is 1.64. The fourth-order valence-corrected chi connectivity index (χ4v) is 1.39. The molecular formula is C10H16N2O. The highest BCUT2D eigenvalue weighted by molar-refractivity contribution is 5.73. The first-order valence-corrected chi connectivity index (χ1v) is 4.67. The molecule has 0 radical (unpaired) electrons. The summed E-state index contributed by atoms with van der Waals surface area (Å²) in [4.78, 5) is 14.7. The van der Waals surface area contributed by atoms with Crippen LogP contribution in [0.3, 0.4) is 0 Å². The Kier molecular flexibility index (Phi) is 3.68. The topological polar surface area (TPSA) is 55.5 Å². The van der Waals surface area contributed by atoms with Gasteiger partial charge in [-0.25, -0.2) is 0 Å². The van der Waals surface area contributed by atoms with E-state index in [9.17, 15) is 4.79 Å². The maximum absolute atomic E-state index is 10.5. The average molecular weight is 180 g/mol. The van der Waals surface area contributed by atoms with E-state index in [1.807, 2.05) is 13.1 Å². The van der Waals surface area contributed by atoms with Crippen LogP contribution in [0, 0.1) is 5.92 Å². The fourth-order valence-electron chi connectivity index (χ4n) is 1.39. The van der Waals surface area contributed by atoms with Crippen molar-refractivity contribution in [3.05, 3.63) is 11.8 Å². The van der Waals surface area contributed by atoms with E-state index in [4.69, 9.17) is 5.73 Å². The molecule has 0 saturated heterocycles. The van der Waals surface area contributed by atoms with E-state index in [2.05, 4.69) is 11.1 Å². The van der Waals surface area contributed by atoms with Gasteiger partial charge in [0.05, 0.1) is 0 Å². The number of aliphatic imine (C=N–C) groups is 1. The second-order valence-corrected chi connectivity index (χ2v) is 3.48. The number of amides is 1. The van der Waals surface area contributed by atoms with Crippen molar-refractivity contribution in [1.82, 2.24) is 0 Å². The van der Waals surface area contributed by atoms with Gasteiger partial charge in [-0.1, -0.05) is 6.08 Å². The van der Waals surface area contributed by atoms with E-state index < -0.39 is 0 Å². The molecule has 3 heteroatoms. The van der Waals surface area contributed by atoms with E-state index >= 15 is 0 Å². The number of allylic oxidation sites excluding steroid dienone is 2. The molecular weight excluding hydrogens is 164 g/mol. The molecule has 0 aromatic heterocycles. The minimum absolute atomic E-state index is 0.209. The van der Waals surface area contributed by atoms with Crippen molar-refractivity contribution in [3.8, 4) is 0 Å². The monoisotopic (exact) mass is 180 g/mol. The van der Waals surface area contributed by atoms with Crippen molar-refractivity contribution in [1.29, 1.82) is 0 Å². The second-order valence-electron chi connectivity index (χ2n) is 3.48. The lowest BCUT2D eigenvalue weighted by Crippen LogP contribution is -2.11. The van der Waals surface area contributed by atoms with Crippen LogP contribution in [0.15, 0.2) is 16.8 Å². The summed E-state index contributed by atoms with van der Waals surface area (Å²) in [5.74, 6) is 0.294. The molecule has 0 fully saturated rings. The first-order valence-electron chi connectivity index (χ1n) is 4.67. The highest BCUT2D eigenvalue weighted by Crippen LogP contribution is 2.17. The minimum Gasteiger partial charge on any atom is -0.370 e. The van der Waals surface area contributed by atoms with Crippen molar-refractivity contribution in [2.45, 2.75) is 32.6 Å². The first kappa shape index (κ1) is 9.96. The molecule has 2 N–H and O–H groups in total. The van der Waals surface area contributed by atoms with Gasteiger partial charge in [0.25, 0.3) is 0 Å². The lowest BCUT2D eigenvalue weighted by atomic mass is 9.97. The smallest absolute Gasteiger partial charge is 0.217 e. The van der Waals surface area contributed by atoms with Gasteiger partial charge in [-0.15, -0.1) is 0 Å². The van der Waals surface area contributed by atoms with Crippen molar-refractivity contribution in [2.24, 2.45) is 16.6 Å². The summed E-state index contributed by atoms with van der Waals surface area (Å²) in [5, 5.41) is 0. The van der Waals surface area contributed by atoms with Crippen molar-refractivity contribution < 1.29 is 4.79 Å². The Morgan fingerprint density at radius 2 is 2.54 bits per heavy atom. The van der Waals surface area contributed by atoms with Gasteiger partial charge in [0.2, 0.25) is 5.91 Å². The minimum atomic E-state index is -0.209. The van der Waals surface area contributed by atoms with Gasteiger partial charge in [0, 0.05) is 18.3 Å². The SMILES string of the molecule is CC1=CCC(CCCC(N)=O)C=N1. The third-order valence-electron chi connectivity index (χ3n) is 2.20. The average Bonchev–Trinajstić information content (AvgIpc) is 2.08. The molecule has 0 saturated carbocycles. The number of primary amides is 1. The number of hydrogen-bond donors (Lipinski definition) is 1. The molecule has 1 rings (SSSR count). The standard InChI is InChI=1S/C10H16N2O/c1-8-5-6-9(7-12-8)3-2-4-10(11)13/h5,7,9H,2-4,6H2,1H3,(H2,11,13). The molecule has 0 spiro atoms. The normalized spacial score (nSPS) is 21.3. The first-order chi connectivity index (χ1) is 6.18. The summed E-state index contributed by atoms with van der Waals surface area (Å²) in [6.45, 7) is 2.00. The number of rotatable bonds is 4. The van der Waals surface area contributed by atoms with Crippen LogP contribution in [0.4, 0.5) is 0 Å². The van der Waals surface area contributed by atoms with Gasteiger partial charge in [-0.05, 0) is 32.1 Å². The van der Waals surface area contributed by atoms with E-state index in [-0.39, 0.29) is 5.91 Å². The molecule has 1 aliphatic rings. The van der Waals surface area contributed by atoms with Gasteiger partial charge in [-0.2, -0.15) is 0 Å². The second kappa shape index (κ2) is 4.80. The number of carbonyl (C=O) groups is 1. The molecule has 0 aromatic carbocycles. The molecule has 0 aromatic rings. The zero-order valence-electron chi connectivity index (χ0n) is 7.99. The van der Waals surface area contributed by atoms with Gasteiger partial charge < -0.3 is 5.73 Å².